The predicted molar refractivity (Wildman–Crippen MR) is 85.7 cm³/mol. The maximum Gasteiger partial charge on any atom is 0.235 e. The number of aliphatic imine (C=N–C) groups is 1. The minimum absolute atomic E-state index is 0.141. The zero-order valence-electron chi connectivity index (χ0n) is 13.5. The molecule has 0 spiro atoms. The molecule has 0 atom stereocenters. The molecule has 0 bridgehead atoms. The third kappa shape index (κ3) is 3.41. The summed E-state index contributed by atoms with van der Waals surface area (Å²) < 4.78 is 17.0. The van der Waals surface area contributed by atoms with Gasteiger partial charge in [-0.2, -0.15) is 4.99 Å². The van der Waals surface area contributed by atoms with E-state index < -0.39 is 5.54 Å². The smallest absolute Gasteiger partial charge is 0.235 e. The molecule has 1 saturated carbocycles. The second-order valence-electron chi connectivity index (χ2n) is 6.24. The van der Waals surface area contributed by atoms with Gasteiger partial charge in [-0.15, -0.1) is 0 Å². The van der Waals surface area contributed by atoms with Crippen LogP contribution < -0.4 is 9.47 Å². The van der Waals surface area contributed by atoms with Gasteiger partial charge in [-0.1, -0.05) is 18.9 Å². The average Bonchev–Trinajstić information content (AvgIpc) is 3.06. The minimum Gasteiger partial charge on any atom is -0.493 e. The minimum atomic E-state index is -0.443. The fraction of sp³-hybridized carbons (Fsp3) is 0.611. The standard InChI is InChI=1S/C18H23NO4/c1-21-16-5-4-14(18(19-13-20)8-2-3-9-18)12-17(16)23-15-6-10-22-11-7-15/h4-5,12,15H,2-3,6-11H2,1H3. The Morgan fingerprint density at radius 1 is 1.22 bits per heavy atom. The zero-order chi connectivity index (χ0) is 16.1. The molecule has 1 aliphatic carbocycles. The molecule has 0 radical (unpaired) electrons. The molecule has 5 nitrogen and oxygen atoms in total. The fourth-order valence-corrected chi connectivity index (χ4v) is 3.54. The lowest BCUT2D eigenvalue weighted by molar-refractivity contribution is 0.0245. The summed E-state index contributed by atoms with van der Waals surface area (Å²) in [5, 5.41) is 0. The molecule has 0 N–H and O–H groups in total. The summed E-state index contributed by atoms with van der Waals surface area (Å²) in [6.45, 7) is 1.46. The molecule has 1 aliphatic heterocycles. The SMILES string of the molecule is COc1ccc(C2(N=C=O)CCCC2)cc1OC1CCOCC1. The maximum atomic E-state index is 10.9. The van der Waals surface area contributed by atoms with Crippen molar-refractivity contribution in [3.05, 3.63) is 23.8 Å². The number of benzene rings is 1. The van der Waals surface area contributed by atoms with Crippen LogP contribution in [-0.2, 0) is 15.1 Å². The van der Waals surface area contributed by atoms with Crippen LogP contribution in [0, 0.1) is 0 Å². The van der Waals surface area contributed by atoms with Crippen LogP contribution in [-0.4, -0.2) is 32.5 Å². The van der Waals surface area contributed by atoms with Gasteiger partial charge >= 0.3 is 0 Å². The summed E-state index contributed by atoms with van der Waals surface area (Å²) in [6.07, 6.45) is 7.58. The Morgan fingerprint density at radius 3 is 2.61 bits per heavy atom. The predicted octanol–water partition coefficient (Wildman–Crippen LogP) is 3.36. The molecule has 2 fully saturated rings. The second-order valence-corrected chi connectivity index (χ2v) is 6.24. The Labute approximate surface area is 136 Å². The molecule has 0 aromatic heterocycles. The molecule has 0 unspecified atom stereocenters. The van der Waals surface area contributed by atoms with E-state index in [-0.39, 0.29) is 6.10 Å². The first-order chi connectivity index (χ1) is 11.3. The van der Waals surface area contributed by atoms with Gasteiger partial charge < -0.3 is 14.2 Å². The Kier molecular flexibility index (Phi) is 4.99. The highest BCUT2D eigenvalue weighted by molar-refractivity contribution is 5.47. The molecule has 23 heavy (non-hydrogen) atoms. The lowest BCUT2D eigenvalue weighted by Gasteiger charge is -2.27. The molecule has 2 aliphatic rings. The Hall–Kier alpha value is -1.84. The van der Waals surface area contributed by atoms with Crippen LogP contribution >= 0.6 is 0 Å². The van der Waals surface area contributed by atoms with Crippen molar-refractivity contribution in [2.75, 3.05) is 20.3 Å². The number of hydrogen-bond acceptors (Lipinski definition) is 5. The van der Waals surface area contributed by atoms with Crippen molar-refractivity contribution in [1.29, 1.82) is 0 Å². The number of hydrogen-bond donors (Lipinski definition) is 0. The van der Waals surface area contributed by atoms with Gasteiger partial charge in [-0.25, -0.2) is 4.79 Å². The molecule has 1 aromatic carbocycles. The van der Waals surface area contributed by atoms with E-state index >= 15 is 0 Å². The first kappa shape index (κ1) is 16.0. The van der Waals surface area contributed by atoms with Crippen LogP contribution in [0.4, 0.5) is 0 Å². The van der Waals surface area contributed by atoms with E-state index in [0.717, 1.165) is 63.1 Å². The summed E-state index contributed by atoms with van der Waals surface area (Å²) in [6, 6.07) is 5.88. The van der Waals surface area contributed by atoms with Gasteiger partial charge in [-0.05, 0) is 30.5 Å². The van der Waals surface area contributed by atoms with Crippen molar-refractivity contribution in [1.82, 2.24) is 0 Å². The normalized spacial score (nSPS) is 20.7. The molecule has 3 rings (SSSR count). The van der Waals surface area contributed by atoms with E-state index in [4.69, 9.17) is 14.2 Å². The van der Waals surface area contributed by atoms with Gasteiger partial charge in [0.15, 0.2) is 11.5 Å². The van der Waals surface area contributed by atoms with E-state index in [2.05, 4.69) is 4.99 Å². The van der Waals surface area contributed by atoms with E-state index in [1.165, 1.54) is 0 Å². The van der Waals surface area contributed by atoms with Crippen LogP contribution in [0.15, 0.2) is 23.2 Å². The van der Waals surface area contributed by atoms with Crippen LogP contribution in [0.1, 0.15) is 44.1 Å². The van der Waals surface area contributed by atoms with Gasteiger partial charge in [0.1, 0.15) is 6.10 Å². The van der Waals surface area contributed by atoms with E-state index in [1.54, 1.807) is 13.2 Å². The van der Waals surface area contributed by atoms with Crippen molar-refractivity contribution in [2.45, 2.75) is 50.2 Å². The summed E-state index contributed by atoms with van der Waals surface area (Å²) in [5.41, 5.74) is 0.572. The first-order valence-corrected chi connectivity index (χ1v) is 8.29. The zero-order valence-corrected chi connectivity index (χ0v) is 13.5. The fourth-order valence-electron chi connectivity index (χ4n) is 3.54. The van der Waals surface area contributed by atoms with Crippen LogP contribution in [0.5, 0.6) is 11.5 Å². The number of ether oxygens (including phenoxy) is 3. The van der Waals surface area contributed by atoms with E-state index in [0.29, 0.717) is 5.75 Å². The lowest BCUT2D eigenvalue weighted by Crippen LogP contribution is -2.26. The Morgan fingerprint density at radius 2 is 1.96 bits per heavy atom. The molecule has 0 amide bonds. The monoisotopic (exact) mass is 317 g/mol. The van der Waals surface area contributed by atoms with Gasteiger partial charge in [0.25, 0.3) is 0 Å². The maximum absolute atomic E-state index is 10.9. The number of carbonyl (C=O) groups excluding carboxylic acids is 1. The van der Waals surface area contributed by atoms with Crippen LogP contribution in [0.2, 0.25) is 0 Å². The lowest BCUT2D eigenvalue weighted by atomic mass is 9.88. The molecule has 5 heteroatoms. The highest BCUT2D eigenvalue weighted by Gasteiger charge is 2.36. The van der Waals surface area contributed by atoms with Crippen molar-refractivity contribution < 1.29 is 19.0 Å². The summed E-state index contributed by atoms with van der Waals surface area (Å²) in [4.78, 5) is 15.0. The van der Waals surface area contributed by atoms with Gasteiger partial charge in [0, 0.05) is 12.8 Å². The third-order valence-corrected chi connectivity index (χ3v) is 4.85. The van der Waals surface area contributed by atoms with Crippen molar-refractivity contribution >= 4 is 6.08 Å². The summed E-state index contributed by atoms with van der Waals surface area (Å²) in [5.74, 6) is 1.44. The largest absolute Gasteiger partial charge is 0.493 e. The summed E-state index contributed by atoms with van der Waals surface area (Å²) in [7, 11) is 1.64. The van der Waals surface area contributed by atoms with Crippen LogP contribution in [0.3, 0.4) is 0 Å². The van der Waals surface area contributed by atoms with E-state index in [9.17, 15) is 4.79 Å². The van der Waals surface area contributed by atoms with Gasteiger partial charge in [0.05, 0.1) is 25.9 Å². The number of rotatable bonds is 5. The third-order valence-electron chi connectivity index (χ3n) is 4.85. The topological polar surface area (TPSA) is 57.1 Å². The molecule has 1 saturated heterocycles. The van der Waals surface area contributed by atoms with Crippen LogP contribution in [0.25, 0.3) is 0 Å². The molecule has 1 aromatic rings. The number of methoxy groups -OCH3 is 1. The summed E-state index contributed by atoms with van der Waals surface area (Å²) >= 11 is 0. The molecular weight excluding hydrogens is 294 g/mol. The second kappa shape index (κ2) is 7.16. The quantitative estimate of drug-likeness (QED) is 0.617. The van der Waals surface area contributed by atoms with Crippen molar-refractivity contribution in [3.8, 4) is 11.5 Å². The Bertz CT molecular complexity index is 583. The highest BCUT2D eigenvalue weighted by Crippen LogP contribution is 2.44. The molecule has 1 heterocycles. The van der Waals surface area contributed by atoms with Gasteiger partial charge in [-0.3, -0.25) is 0 Å². The van der Waals surface area contributed by atoms with Crippen molar-refractivity contribution in [2.24, 2.45) is 4.99 Å². The molecule has 124 valence electrons. The Balaban J connectivity index is 1.90. The highest BCUT2D eigenvalue weighted by atomic mass is 16.5. The van der Waals surface area contributed by atoms with Gasteiger partial charge in [0.2, 0.25) is 6.08 Å². The number of nitrogens with zero attached hydrogens (tertiary/aromatic N) is 1. The molecular formula is C18H23NO4. The number of isocyanates is 1. The average molecular weight is 317 g/mol. The van der Waals surface area contributed by atoms with E-state index in [1.807, 2.05) is 18.2 Å². The van der Waals surface area contributed by atoms with Crippen molar-refractivity contribution in [3.63, 3.8) is 0 Å². The first-order valence-electron chi connectivity index (χ1n) is 8.29.